The third-order valence-electron chi connectivity index (χ3n) is 4.15. The van der Waals surface area contributed by atoms with Crippen molar-refractivity contribution in [3.8, 4) is 0 Å². The molecule has 0 spiro atoms. The molecule has 2 fully saturated rings. The summed E-state index contributed by atoms with van der Waals surface area (Å²) in [5.74, 6) is 2.12. The molecule has 2 aromatic rings. The van der Waals surface area contributed by atoms with E-state index in [4.69, 9.17) is 9.26 Å². The Labute approximate surface area is 129 Å². The zero-order valence-electron chi connectivity index (χ0n) is 12.8. The van der Waals surface area contributed by atoms with E-state index < -0.39 is 0 Å². The van der Waals surface area contributed by atoms with E-state index in [1.807, 2.05) is 24.0 Å². The highest BCUT2D eigenvalue weighted by Gasteiger charge is 2.30. The summed E-state index contributed by atoms with van der Waals surface area (Å²) in [6, 6.07) is 0. The molecule has 1 saturated carbocycles. The average Bonchev–Trinajstić information content (AvgIpc) is 3.13. The first-order chi connectivity index (χ1) is 10.8. The summed E-state index contributed by atoms with van der Waals surface area (Å²) in [6.07, 6.45) is 6.44. The van der Waals surface area contributed by atoms with Crippen LogP contribution in [-0.4, -0.2) is 50.6 Å². The van der Waals surface area contributed by atoms with Gasteiger partial charge in [-0.2, -0.15) is 10.1 Å². The molecule has 0 amide bonds. The Morgan fingerprint density at radius 1 is 1.36 bits per heavy atom. The molecule has 1 aliphatic heterocycles. The Bertz CT molecular complexity index is 633. The maximum atomic E-state index is 5.85. The summed E-state index contributed by atoms with van der Waals surface area (Å²) in [7, 11) is 0. The van der Waals surface area contributed by atoms with E-state index in [0.717, 1.165) is 44.5 Å². The van der Waals surface area contributed by atoms with Gasteiger partial charge in [-0.1, -0.05) is 5.16 Å². The fourth-order valence-electron chi connectivity index (χ4n) is 2.84. The maximum absolute atomic E-state index is 5.85. The Morgan fingerprint density at radius 2 is 2.27 bits per heavy atom. The van der Waals surface area contributed by atoms with Gasteiger partial charge in [-0.15, -0.1) is 0 Å². The van der Waals surface area contributed by atoms with Gasteiger partial charge in [0.25, 0.3) is 0 Å². The molecular weight excluding hydrogens is 282 g/mol. The molecule has 4 rings (SSSR count). The lowest BCUT2D eigenvalue weighted by Crippen LogP contribution is -2.43. The lowest BCUT2D eigenvalue weighted by atomic mass is 10.2. The number of aryl methyl sites for hydroxylation is 1. The highest BCUT2D eigenvalue weighted by atomic mass is 16.5. The largest absolute Gasteiger partial charge is 0.374 e. The number of rotatable bonds is 5. The lowest BCUT2D eigenvalue weighted by molar-refractivity contribution is -0.0410. The zero-order valence-corrected chi connectivity index (χ0v) is 12.8. The van der Waals surface area contributed by atoms with Crippen molar-refractivity contribution in [3.63, 3.8) is 0 Å². The van der Waals surface area contributed by atoms with Crippen molar-refractivity contribution < 1.29 is 9.26 Å². The fraction of sp³-hybridized carbons (Fsp3) is 0.667. The summed E-state index contributed by atoms with van der Waals surface area (Å²) in [5.41, 5.74) is 1.17. The van der Waals surface area contributed by atoms with Crippen LogP contribution in [0, 0.1) is 6.92 Å². The first kappa shape index (κ1) is 13.9. The van der Waals surface area contributed by atoms with Gasteiger partial charge in [0.1, 0.15) is 0 Å². The third kappa shape index (κ3) is 3.20. The van der Waals surface area contributed by atoms with Crippen LogP contribution in [0.3, 0.4) is 0 Å². The van der Waals surface area contributed by atoms with E-state index in [1.54, 1.807) is 0 Å². The van der Waals surface area contributed by atoms with Gasteiger partial charge in [-0.3, -0.25) is 9.58 Å². The van der Waals surface area contributed by atoms with Gasteiger partial charge in [-0.25, -0.2) is 0 Å². The molecule has 0 N–H and O–H groups in total. The number of ether oxygens (including phenoxy) is 1. The minimum absolute atomic E-state index is 0.155. The zero-order chi connectivity index (χ0) is 14.9. The second-order valence-electron chi connectivity index (χ2n) is 6.29. The molecule has 7 heteroatoms. The van der Waals surface area contributed by atoms with Crippen LogP contribution in [0.1, 0.15) is 36.0 Å². The Kier molecular flexibility index (Phi) is 3.67. The lowest BCUT2D eigenvalue weighted by Gasteiger charge is -2.32. The minimum Gasteiger partial charge on any atom is -0.374 e. The minimum atomic E-state index is 0.155. The van der Waals surface area contributed by atoms with Crippen molar-refractivity contribution in [1.82, 2.24) is 24.8 Å². The highest BCUT2D eigenvalue weighted by molar-refractivity contribution is 5.02. The summed E-state index contributed by atoms with van der Waals surface area (Å²) < 4.78 is 13.1. The Morgan fingerprint density at radius 3 is 3.05 bits per heavy atom. The monoisotopic (exact) mass is 303 g/mol. The molecule has 7 nitrogen and oxygen atoms in total. The molecule has 0 radical (unpaired) electrons. The number of hydrogen-bond acceptors (Lipinski definition) is 6. The highest BCUT2D eigenvalue weighted by Crippen LogP contribution is 2.38. The Hall–Kier alpha value is -1.73. The predicted octanol–water partition coefficient (Wildman–Crippen LogP) is 1.35. The molecule has 1 aliphatic carbocycles. The van der Waals surface area contributed by atoms with Crippen molar-refractivity contribution in [2.45, 2.75) is 44.9 Å². The number of nitrogens with zero attached hydrogens (tertiary/aromatic N) is 5. The van der Waals surface area contributed by atoms with Crippen LogP contribution in [0.4, 0.5) is 0 Å². The summed E-state index contributed by atoms with van der Waals surface area (Å²) in [6.45, 7) is 6.07. The SMILES string of the molecule is Cc1cnn(CC2CN(Cc3noc(C4CC4)n3)CCO2)c1. The molecule has 2 aromatic heterocycles. The van der Waals surface area contributed by atoms with Crippen LogP contribution in [0.2, 0.25) is 0 Å². The molecule has 2 aliphatic rings. The molecule has 118 valence electrons. The normalized spacial score (nSPS) is 23.0. The summed E-state index contributed by atoms with van der Waals surface area (Å²) in [5, 5.41) is 8.42. The van der Waals surface area contributed by atoms with E-state index in [9.17, 15) is 0 Å². The quantitative estimate of drug-likeness (QED) is 0.830. The molecule has 1 unspecified atom stereocenters. The second-order valence-corrected chi connectivity index (χ2v) is 6.29. The van der Waals surface area contributed by atoms with Crippen molar-refractivity contribution in [3.05, 3.63) is 29.7 Å². The van der Waals surface area contributed by atoms with Crippen LogP contribution < -0.4 is 0 Å². The molecular formula is C15H21N5O2. The van der Waals surface area contributed by atoms with E-state index in [1.165, 1.54) is 18.4 Å². The van der Waals surface area contributed by atoms with Crippen molar-refractivity contribution in [1.29, 1.82) is 0 Å². The average molecular weight is 303 g/mol. The molecule has 22 heavy (non-hydrogen) atoms. The molecule has 0 aromatic carbocycles. The Balaban J connectivity index is 1.33. The van der Waals surface area contributed by atoms with E-state index >= 15 is 0 Å². The first-order valence-electron chi connectivity index (χ1n) is 7.92. The number of morpholine rings is 1. The summed E-state index contributed by atoms with van der Waals surface area (Å²) >= 11 is 0. The van der Waals surface area contributed by atoms with Crippen LogP contribution in [0.5, 0.6) is 0 Å². The van der Waals surface area contributed by atoms with Crippen LogP contribution >= 0.6 is 0 Å². The smallest absolute Gasteiger partial charge is 0.229 e. The fourth-order valence-corrected chi connectivity index (χ4v) is 2.84. The molecule has 0 bridgehead atoms. The maximum Gasteiger partial charge on any atom is 0.229 e. The second kappa shape index (κ2) is 5.81. The van der Waals surface area contributed by atoms with Crippen molar-refractivity contribution in [2.24, 2.45) is 0 Å². The van der Waals surface area contributed by atoms with Gasteiger partial charge in [0.2, 0.25) is 5.89 Å². The summed E-state index contributed by atoms with van der Waals surface area (Å²) in [4.78, 5) is 6.83. The van der Waals surface area contributed by atoms with Gasteiger partial charge >= 0.3 is 0 Å². The molecule has 3 heterocycles. The van der Waals surface area contributed by atoms with E-state index in [0.29, 0.717) is 5.92 Å². The predicted molar refractivity (Wildman–Crippen MR) is 78.3 cm³/mol. The van der Waals surface area contributed by atoms with Gasteiger partial charge in [0, 0.05) is 25.2 Å². The van der Waals surface area contributed by atoms with Crippen LogP contribution in [-0.2, 0) is 17.8 Å². The van der Waals surface area contributed by atoms with Gasteiger partial charge in [0.15, 0.2) is 5.82 Å². The standard InChI is InChI=1S/C15H21N5O2/c1-11-6-16-20(7-11)9-13-8-19(4-5-21-13)10-14-17-15(22-18-14)12-2-3-12/h6-7,12-13H,2-5,8-10H2,1H3. The van der Waals surface area contributed by atoms with Crippen molar-refractivity contribution >= 4 is 0 Å². The van der Waals surface area contributed by atoms with E-state index in [-0.39, 0.29) is 6.10 Å². The van der Waals surface area contributed by atoms with Gasteiger partial charge in [0.05, 0.1) is 32.0 Å². The number of aromatic nitrogens is 4. The number of hydrogen-bond donors (Lipinski definition) is 0. The van der Waals surface area contributed by atoms with Gasteiger partial charge in [-0.05, 0) is 25.3 Å². The third-order valence-corrected chi connectivity index (χ3v) is 4.15. The van der Waals surface area contributed by atoms with E-state index in [2.05, 4.69) is 20.1 Å². The van der Waals surface area contributed by atoms with Crippen LogP contribution in [0.25, 0.3) is 0 Å². The van der Waals surface area contributed by atoms with Gasteiger partial charge < -0.3 is 9.26 Å². The molecule has 1 atom stereocenters. The van der Waals surface area contributed by atoms with Crippen LogP contribution in [0.15, 0.2) is 16.9 Å². The molecule has 1 saturated heterocycles. The first-order valence-corrected chi connectivity index (χ1v) is 7.92. The van der Waals surface area contributed by atoms with Crippen molar-refractivity contribution in [2.75, 3.05) is 19.7 Å². The topological polar surface area (TPSA) is 69.2 Å².